The fourth-order valence-corrected chi connectivity index (χ4v) is 2.74. The molecule has 0 amide bonds. The molecule has 174 valence electrons. The van der Waals surface area contributed by atoms with E-state index >= 15 is 0 Å². The molecule has 0 radical (unpaired) electrons. The first-order chi connectivity index (χ1) is 14.3. The van der Waals surface area contributed by atoms with Crippen LogP contribution in [-0.4, -0.2) is 49.7 Å². The third-order valence-corrected chi connectivity index (χ3v) is 4.20. The molecule has 15 heteroatoms. The summed E-state index contributed by atoms with van der Waals surface area (Å²) in [5.74, 6) is -3.20. The molecule has 2 rings (SSSR count). The number of aromatic nitrogens is 3. The smallest absolute Gasteiger partial charge is 0.384 e. The maximum absolute atomic E-state index is 14.3. The average molecular weight is 460 g/mol. The number of hydrogen-bond acceptors (Lipinski definition) is 6. The summed E-state index contributed by atoms with van der Waals surface area (Å²) in [6.45, 7) is 0.469. The van der Waals surface area contributed by atoms with E-state index in [0.717, 1.165) is 18.5 Å². The SMILES string of the molecule is CCC(COC(F)(F)C(F)F)C(O)(Cc1ncn[nH]1)c1ccc(F)cc1F.O=[N+]([O-])O. The molecule has 0 aliphatic rings. The molecule has 0 bridgehead atoms. The van der Waals surface area contributed by atoms with Crippen molar-refractivity contribution in [1.29, 1.82) is 0 Å². The molecule has 0 aliphatic carbocycles. The van der Waals surface area contributed by atoms with Crippen LogP contribution < -0.4 is 0 Å². The number of nitrogens with zero attached hydrogens (tertiary/aromatic N) is 3. The van der Waals surface area contributed by atoms with Crippen LogP contribution in [0.1, 0.15) is 24.7 Å². The lowest BCUT2D eigenvalue weighted by Gasteiger charge is -2.36. The van der Waals surface area contributed by atoms with Crippen LogP contribution in [0.2, 0.25) is 0 Å². The standard InChI is InChI=1S/C16H17F6N3O2.HNO3/c1-2-9(7-27-16(21,22)14(19)20)15(26,6-13-23-8-24-25-13)11-4-3-10(17)5-12(11)18;2-1(3)4/h3-5,8-9,14,26H,2,6-7H2,1H3,(H,23,24,25);(H,2,3,4). The van der Waals surface area contributed by atoms with Crippen molar-refractivity contribution in [3.63, 3.8) is 0 Å². The Bertz CT molecular complexity index is 838. The Morgan fingerprint density at radius 1 is 1.32 bits per heavy atom. The van der Waals surface area contributed by atoms with Gasteiger partial charge in [0.25, 0.3) is 5.09 Å². The van der Waals surface area contributed by atoms with Crippen molar-refractivity contribution < 1.29 is 46.5 Å². The van der Waals surface area contributed by atoms with Gasteiger partial charge in [-0.1, -0.05) is 13.0 Å². The summed E-state index contributed by atoms with van der Waals surface area (Å²) in [7, 11) is 0. The number of ether oxygens (including phenoxy) is 1. The van der Waals surface area contributed by atoms with Crippen LogP contribution in [0.5, 0.6) is 0 Å². The van der Waals surface area contributed by atoms with E-state index in [4.69, 9.17) is 15.3 Å². The van der Waals surface area contributed by atoms with E-state index in [1.54, 1.807) is 0 Å². The summed E-state index contributed by atoms with van der Waals surface area (Å²) < 4.78 is 82.5. The van der Waals surface area contributed by atoms with Crippen LogP contribution in [0.4, 0.5) is 26.3 Å². The molecule has 1 heterocycles. The first-order valence-corrected chi connectivity index (χ1v) is 8.48. The van der Waals surface area contributed by atoms with E-state index in [-0.39, 0.29) is 12.2 Å². The van der Waals surface area contributed by atoms with Crippen molar-refractivity contribution in [2.75, 3.05) is 6.61 Å². The maximum Gasteiger partial charge on any atom is 0.416 e. The lowest BCUT2D eigenvalue weighted by Crippen LogP contribution is -2.43. The first kappa shape index (κ1) is 26.1. The van der Waals surface area contributed by atoms with Crippen molar-refractivity contribution in [3.05, 3.63) is 57.7 Å². The van der Waals surface area contributed by atoms with Gasteiger partial charge in [0.1, 0.15) is 29.4 Å². The third-order valence-electron chi connectivity index (χ3n) is 4.20. The number of rotatable bonds is 9. The van der Waals surface area contributed by atoms with Crippen LogP contribution in [-0.2, 0) is 16.8 Å². The highest BCUT2D eigenvalue weighted by molar-refractivity contribution is 5.27. The van der Waals surface area contributed by atoms with Crippen molar-refractivity contribution in [1.82, 2.24) is 15.2 Å². The minimum Gasteiger partial charge on any atom is -0.384 e. The minimum absolute atomic E-state index is 0.0409. The number of aromatic amines is 1. The van der Waals surface area contributed by atoms with Gasteiger partial charge >= 0.3 is 12.5 Å². The third kappa shape index (κ3) is 7.36. The number of aliphatic hydroxyl groups is 1. The summed E-state index contributed by atoms with van der Waals surface area (Å²) >= 11 is 0. The molecule has 0 fully saturated rings. The van der Waals surface area contributed by atoms with Gasteiger partial charge < -0.3 is 15.1 Å². The van der Waals surface area contributed by atoms with Gasteiger partial charge in [-0.3, -0.25) is 5.10 Å². The number of benzene rings is 1. The van der Waals surface area contributed by atoms with Gasteiger partial charge in [0.15, 0.2) is 0 Å². The fraction of sp³-hybridized carbons (Fsp3) is 0.500. The molecule has 9 nitrogen and oxygen atoms in total. The fourth-order valence-electron chi connectivity index (χ4n) is 2.74. The van der Waals surface area contributed by atoms with E-state index in [1.165, 1.54) is 6.92 Å². The quantitative estimate of drug-likeness (QED) is 0.297. The van der Waals surface area contributed by atoms with Gasteiger partial charge in [0.2, 0.25) is 0 Å². The second kappa shape index (κ2) is 10.9. The van der Waals surface area contributed by atoms with Gasteiger partial charge in [-0.05, 0) is 12.5 Å². The highest BCUT2D eigenvalue weighted by Crippen LogP contribution is 2.38. The zero-order chi connectivity index (χ0) is 23.8. The second-order valence-corrected chi connectivity index (χ2v) is 6.17. The van der Waals surface area contributed by atoms with Crippen molar-refractivity contribution in [3.8, 4) is 0 Å². The predicted octanol–water partition coefficient (Wildman–Crippen LogP) is 3.07. The Kier molecular flexibility index (Phi) is 9.18. The van der Waals surface area contributed by atoms with Crippen LogP contribution in [0.25, 0.3) is 0 Å². The monoisotopic (exact) mass is 460 g/mol. The largest absolute Gasteiger partial charge is 0.416 e. The molecule has 0 spiro atoms. The summed E-state index contributed by atoms with van der Waals surface area (Å²) in [6.07, 6.45) is -8.15. The van der Waals surface area contributed by atoms with E-state index in [9.17, 15) is 31.4 Å². The Morgan fingerprint density at radius 2 is 1.94 bits per heavy atom. The lowest BCUT2D eigenvalue weighted by molar-refractivity contribution is -0.742. The average Bonchev–Trinajstić information content (AvgIpc) is 3.14. The number of alkyl halides is 4. The summed E-state index contributed by atoms with van der Waals surface area (Å²) in [5, 5.41) is 30.8. The molecule has 2 atom stereocenters. The Hall–Kier alpha value is -2.94. The van der Waals surface area contributed by atoms with Gasteiger partial charge in [0.05, 0.1) is 6.61 Å². The summed E-state index contributed by atoms with van der Waals surface area (Å²) in [4.78, 5) is 12.2. The molecule has 2 unspecified atom stereocenters. The Labute approximate surface area is 170 Å². The molecule has 1 aromatic carbocycles. The van der Waals surface area contributed by atoms with E-state index in [1.807, 2.05) is 0 Å². The number of nitrogens with one attached hydrogen (secondary N) is 1. The highest BCUT2D eigenvalue weighted by Gasteiger charge is 2.46. The molecule has 1 aromatic heterocycles. The zero-order valence-electron chi connectivity index (χ0n) is 15.8. The molecule has 3 N–H and O–H groups in total. The molecular weight excluding hydrogens is 442 g/mol. The van der Waals surface area contributed by atoms with Crippen LogP contribution in [0.3, 0.4) is 0 Å². The molecule has 0 aliphatic heterocycles. The zero-order valence-corrected chi connectivity index (χ0v) is 15.8. The Balaban J connectivity index is 0.00000110. The number of halogens is 6. The molecule has 0 saturated heterocycles. The molecule has 0 saturated carbocycles. The van der Waals surface area contributed by atoms with E-state index in [0.29, 0.717) is 6.07 Å². The number of hydrogen-bond donors (Lipinski definition) is 3. The topological polar surface area (TPSA) is 134 Å². The van der Waals surface area contributed by atoms with Crippen LogP contribution >= 0.6 is 0 Å². The van der Waals surface area contributed by atoms with E-state index in [2.05, 4.69) is 19.9 Å². The minimum atomic E-state index is -4.73. The van der Waals surface area contributed by atoms with Gasteiger partial charge in [-0.2, -0.15) is 13.9 Å². The summed E-state index contributed by atoms with van der Waals surface area (Å²) in [5.41, 5.74) is -2.61. The lowest BCUT2D eigenvalue weighted by atomic mass is 9.77. The second-order valence-electron chi connectivity index (χ2n) is 6.17. The molecule has 31 heavy (non-hydrogen) atoms. The highest BCUT2D eigenvalue weighted by atomic mass is 19.3. The van der Waals surface area contributed by atoms with Crippen molar-refractivity contribution in [2.45, 2.75) is 37.9 Å². The maximum atomic E-state index is 14.3. The van der Waals surface area contributed by atoms with Crippen LogP contribution in [0.15, 0.2) is 24.5 Å². The van der Waals surface area contributed by atoms with Gasteiger partial charge in [-0.25, -0.2) is 22.5 Å². The van der Waals surface area contributed by atoms with Gasteiger partial charge in [0, 0.05) is 24.0 Å². The predicted molar refractivity (Wildman–Crippen MR) is 89.8 cm³/mol. The van der Waals surface area contributed by atoms with Crippen LogP contribution in [0, 0.1) is 27.7 Å². The van der Waals surface area contributed by atoms with Crippen molar-refractivity contribution >= 4 is 0 Å². The number of H-pyrrole nitrogens is 1. The molecule has 2 aromatic rings. The van der Waals surface area contributed by atoms with Crippen molar-refractivity contribution in [2.24, 2.45) is 5.92 Å². The summed E-state index contributed by atoms with van der Waals surface area (Å²) in [6, 6.07) is 2.35. The normalized spacial score (nSPS) is 14.5. The van der Waals surface area contributed by atoms with E-state index < -0.39 is 59.4 Å². The molecular formula is C16H18F6N4O5. The first-order valence-electron chi connectivity index (χ1n) is 8.48. The Morgan fingerprint density at radius 3 is 2.39 bits per heavy atom. The van der Waals surface area contributed by atoms with Gasteiger partial charge in [-0.15, -0.1) is 10.1 Å².